The number of hydrogen-bond donors (Lipinski definition) is 1. The first-order valence-corrected chi connectivity index (χ1v) is 11.2. The average molecular weight is 400 g/mol. The van der Waals surface area contributed by atoms with E-state index in [0.29, 0.717) is 12.5 Å². The molecule has 160 valence electrons. The number of nitrogens with one attached hydrogen (secondary N) is 1. The Labute approximate surface area is 176 Å². The maximum absolute atomic E-state index is 12.6. The highest BCUT2D eigenvalue weighted by Crippen LogP contribution is 2.19. The SMILES string of the molecule is CCN(CC)C1CCN(C(=NC)NCCCC(=O)N2CCc3ccccc3C2)C1. The molecule has 3 rings (SSSR count). The molecule has 1 saturated heterocycles. The van der Waals surface area contributed by atoms with Crippen molar-refractivity contribution < 1.29 is 4.79 Å². The van der Waals surface area contributed by atoms with Gasteiger partial charge >= 0.3 is 0 Å². The fourth-order valence-electron chi connectivity index (χ4n) is 4.61. The van der Waals surface area contributed by atoms with Crippen LogP contribution in [0, 0.1) is 0 Å². The molecule has 0 radical (unpaired) electrons. The molecule has 1 aromatic rings. The van der Waals surface area contributed by atoms with Crippen molar-refractivity contribution in [2.45, 2.75) is 52.1 Å². The van der Waals surface area contributed by atoms with E-state index in [1.165, 1.54) is 17.5 Å². The highest BCUT2D eigenvalue weighted by Gasteiger charge is 2.28. The summed E-state index contributed by atoms with van der Waals surface area (Å²) in [7, 11) is 1.85. The number of fused-ring (bicyclic) bond motifs is 1. The fraction of sp³-hybridized carbons (Fsp3) is 0.652. The van der Waals surface area contributed by atoms with Gasteiger partial charge in [0, 0.05) is 52.2 Å². The van der Waals surface area contributed by atoms with Crippen LogP contribution in [0.15, 0.2) is 29.3 Å². The lowest BCUT2D eigenvalue weighted by Crippen LogP contribution is -2.43. The minimum Gasteiger partial charge on any atom is -0.356 e. The van der Waals surface area contributed by atoms with Gasteiger partial charge in [0.1, 0.15) is 0 Å². The zero-order valence-corrected chi connectivity index (χ0v) is 18.4. The van der Waals surface area contributed by atoms with Crippen LogP contribution in [0.3, 0.4) is 0 Å². The maximum Gasteiger partial charge on any atom is 0.222 e. The number of nitrogens with zero attached hydrogens (tertiary/aromatic N) is 4. The summed E-state index contributed by atoms with van der Waals surface area (Å²) in [5.41, 5.74) is 2.68. The smallest absolute Gasteiger partial charge is 0.222 e. The van der Waals surface area contributed by atoms with Crippen LogP contribution in [0.5, 0.6) is 0 Å². The quantitative estimate of drug-likeness (QED) is 0.434. The van der Waals surface area contributed by atoms with Crippen molar-refractivity contribution in [3.63, 3.8) is 0 Å². The van der Waals surface area contributed by atoms with Gasteiger partial charge in [0.05, 0.1) is 0 Å². The number of hydrogen-bond acceptors (Lipinski definition) is 3. The molecule has 0 saturated carbocycles. The van der Waals surface area contributed by atoms with Gasteiger partial charge in [0.15, 0.2) is 5.96 Å². The van der Waals surface area contributed by atoms with Crippen molar-refractivity contribution in [2.24, 2.45) is 4.99 Å². The van der Waals surface area contributed by atoms with Crippen LogP contribution < -0.4 is 5.32 Å². The van der Waals surface area contributed by atoms with Crippen molar-refractivity contribution in [1.29, 1.82) is 0 Å². The standard InChI is InChI=1S/C23H37N5O/c1-4-26(5-2)21-13-16-28(18-21)23(24-3)25-14-8-11-22(29)27-15-12-19-9-6-7-10-20(19)17-27/h6-7,9-10,21H,4-5,8,11-18H2,1-3H3,(H,24,25). The third-order valence-electron chi connectivity index (χ3n) is 6.34. The minimum absolute atomic E-state index is 0.263. The van der Waals surface area contributed by atoms with E-state index < -0.39 is 0 Å². The monoisotopic (exact) mass is 399 g/mol. The first-order chi connectivity index (χ1) is 14.2. The lowest BCUT2D eigenvalue weighted by molar-refractivity contribution is -0.132. The summed E-state index contributed by atoms with van der Waals surface area (Å²) in [6.07, 6.45) is 3.59. The molecule has 1 unspecified atom stereocenters. The van der Waals surface area contributed by atoms with E-state index in [0.717, 1.165) is 64.6 Å². The Morgan fingerprint density at radius 3 is 2.66 bits per heavy atom. The predicted octanol–water partition coefficient (Wildman–Crippen LogP) is 2.34. The van der Waals surface area contributed by atoms with Crippen LogP contribution in [0.25, 0.3) is 0 Å². The summed E-state index contributed by atoms with van der Waals surface area (Å²) >= 11 is 0. The van der Waals surface area contributed by atoms with Crippen molar-refractivity contribution >= 4 is 11.9 Å². The molecule has 0 bridgehead atoms. The minimum atomic E-state index is 0.263. The molecule has 1 fully saturated rings. The Hall–Kier alpha value is -2.08. The Kier molecular flexibility index (Phi) is 7.92. The molecule has 1 atom stereocenters. The average Bonchev–Trinajstić information content (AvgIpc) is 3.24. The van der Waals surface area contributed by atoms with E-state index >= 15 is 0 Å². The Morgan fingerprint density at radius 1 is 1.17 bits per heavy atom. The summed E-state index contributed by atoms with van der Waals surface area (Å²) < 4.78 is 0. The van der Waals surface area contributed by atoms with E-state index in [2.05, 4.69) is 58.2 Å². The van der Waals surface area contributed by atoms with Gasteiger partial charge in [-0.05, 0) is 43.5 Å². The number of amides is 1. The number of carbonyl (C=O) groups excluding carboxylic acids is 1. The number of likely N-dealkylation sites (N-methyl/N-ethyl adjacent to an activating group) is 1. The third kappa shape index (κ3) is 5.50. The van der Waals surface area contributed by atoms with Gasteiger partial charge in [0.25, 0.3) is 0 Å². The number of likely N-dealkylation sites (tertiary alicyclic amines) is 1. The highest BCUT2D eigenvalue weighted by molar-refractivity contribution is 5.80. The van der Waals surface area contributed by atoms with Crippen molar-refractivity contribution in [3.8, 4) is 0 Å². The summed E-state index contributed by atoms with van der Waals surface area (Å²) in [6, 6.07) is 9.08. The molecule has 0 aliphatic carbocycles. The van der Waals surface area contributed by atoms with Crippen molar-refractivity contribution in [2.75, 3.05) is 46.3 Å². The second-order valence-corrected chi connectivity index (χ2v) is 8.02. The second-order valence-electron chi connectivity index (χ2n) is 8.02. The van der Waals surface area contributed by atoms with E-state index in [4.69, 9.17) is 0 Å². The molecule has 1 aromatic carbocycles. The van der Waals surface area contributed by atoms with Crippen LogP contribution in [-0.2, 0) is 17.8 Å². The van der Waals surface area contributed by atoms with Gasteiger partial charge < -0.3 is 15.1 Å². The van der Waals surface area contributed by atoms with Crippen LogP contribution >= 0.6 is 0 Å². The van der Waals surface area contributed by atoms with Gasteiger partial charge in [-0.2, -0.15) is 0 Å². The van der Waals surface area contributed by atoms with Crippen LogP contribution in [-0.4, -0.2) is 78.9 Å². The summed E-state index contributed by atoms with van der Waals surface area (Å²) in [5, 5.41) is 3.47. The lowest BCUT2D eigenvalue weighted by atomic mass is 9.99. The molecule has 2 heterocycles. The lowest BCUT2D eigenvalue weighted by Gasteiger charge is -2.29. The number of rotatable bonds is 7. The number of carbonyl (C=O) groups is 1. The van der Waals surface area contributed by atoms with Crippen LogP contribution in [0.4, 0.5) is 0 Å². The molecular weight excluding hydrogens is 362 g/mol. The predicted molar refractivity (Wildman–Crippen MR) is 119 cm³/mol. The molecule has 1 N–H and O–H groups in total. The second kappa shape index (κ2) is 10.6. The molecule has 2 aliphatic rings. The van der Waals surface area contributed by atoms with E-state index in [9.17, 15) is 4.79 Å². The third-order valence-corrected chi connectivity index (χ3v) is 6.34. The molecular formula is C23H37N5O. The van der Waals surface area contributed by atoms with E-state index in [1.807, 2.05) is 11.9 Å². The first-order valence-electron chi connectivity index (χ1n) is 11.2. The normalized spacial score (nSPS) is 19.6. The van der Waals surface area contributed by atoms with Crippen LogP contribution in [0.2, 0.25) is 0 Å². The van der Waals surface area contributed by atoms with Gasteiger partial charge in [-0.3, -0.25) is 14.7 Å². The van der Waals surface area contributed by atoms with Crippen molar-refractivity contribution in [3.05, 3.63) is 35.4 Å². The van der Waals surface area contributed by atoms with Crippen LogP contribution in [0.1, 0.15) is 44.2 Å². The molecule has 0 aromatic heterocycles. The van der Waals surface area contributed by atoms with E-state index in [-0.39, 0.29) is 5.91 Å². The highest BCUT2D eigenvalue weighted by atomic mass is 16.2. The summed E-state index contributed by atoms with van der Waals surface area (Å²) in [5.74, 6) is 1.23. The Balaban J connectivity index is 1.39. The summed E-state index contributed by atoms with van der Waals surface area (Å²) in [4.78, 5) is 24.0. The van der Waals surface area contributed by atoms with E-state index in [1.54, 1.807) is 0 Å². The van der Waals surface area contributed by atoms with Gasteiger partial charge in [-0.25, -0.2) is 0 Å². The molecule has 6 heteroatoms. The molecule has 29 heavy (non-hydrogen) atoms. The zero-order valence-electron chi connectivity index (χ0n) is 18.4. The number of aliphatic imine (C=N–C) groups is 1. The van der Waals surface area contributed by atoms with Crippen molar-refractivity contribution in [1.82, 2.24) is 20.0 Å². The van der Waals surface area contributed by atoms with Gasteiger partial charge in [-0.1, -0.05) is 38.1 Å². The first kappa shape index (κ1) is 21.6. The zero-order chi connectivity index (χ0) is 20.6. The molecule has 0 spiro atoms. The molecule has 2 aliphatic heterocycles. The van der Waals surface area contributed by atoms with Gasteiger partial charge in [-0.15, -0.1) is 0 Å². The number of benzene rings is 1. The van der Waals surface area contributed by atoms with Gasteiger partial charge in [0.2, 0.25) is 5.91 Å². The summed E-state index contributed by atoms with van der Waals surface area (Å²) in [6.45, 7) is 11.1. The topological polar surface area (TPSA) is 51.2 Å². The largest absolute Gasteiger partial charge is 0.356 e. The maximum atomic E-state index is 12.6. The Morgan fingerprint density at radius 2 is 1.93 bits per heavy atom. The Bertz CT molecular complexity index is 700. The number of guanidine groups is 1. The fourth-order valence-corrected chi connectivity index (χ4v) is 4.61. The molecule has 6 nitrogen and oxygen atoms in total. The molecule has 1 amide bonds.